The SMILES string of the molecule is Cc1cc(/C=C2\SC(=O)N(Cc3ccccc3[N+](=O)[O-])C2=O)c(C)n1Cc1ccco1. The Morgan fingerprint density at radius 2 is 1.90 bits per heavy atom. The predicted molar refractivity (Wildman–Crippen MR) is 116 cm³/mol. The largest absolute Gasteiger partial charge is 0.467 e. The lowest BCUT2D eigenvalue weighted by molar-refractivity contribution is -0.385. The van der Waals surface area contributed by atoms with Gasteiger partial charge >= 0.3 is 0 Å². The highest BCUT2D eigenvalue weighted by Gasteiger charge is 2.36. The number of amides is 2. The number of imide groups is 1. The van der Waals surface area contributed by atoms with Crippen LogP contribution < -0.4 is 0 Å². The first-order valence-corrected chi connectivity index (χ1v) is 10.3. The number of nitro benzene ring substituents is 1. The van der Waals surface area contributed by atoms with Gasteiger partial charge in [0.15, 0.2) is 0 Å². The minimum atomic E-state index is -0.516. The molecule has 0 unspecified atom stereocenters. The van der Waals surface area contributed by atoms with Gasteiger partial charge in [-0.05, 0) is 55.4 Å². The van der Waals surface area contributed by atoms with E-state index in [2.05, 4.69) is 4.57 Å². The molecule has 0 saturated carbocycles. The molecule has 0 atom stereocenters. The Balaban J connectivity index is 1.59. The molecule has 8 nitrogen and oxygen atoms in total. The van der Waals surface area contributed by atoms with E-state index in [0.29, 0.717) is 17.0 Å². The average Bonchev–Trinajstić information content (AvgIpc) is 3.41. The van der Waals surface area contributed by atoms with Crippen molar-refractivity contribution in [3.8, 4) is 0 Å². The molecule has 0 radical (unpaired) electrons. The van der Waals surface area contributed by atoms with Crippen LogP contribution in [0.15, 0.2) is 58.1 Å². The third kappa shape index (κ3) is 4.04. The van der Waals surface area contributed by atoms with Crippen molar-refractivity contribution in [1.82, 2.24) is 9.47 Å². The molecular weight excluding hydrogens is 418 g/mol. The highest BCUT2D eigenvalue weighted by molar-refractivity contribution is 8.18. The normalized spacial score (nSPS) is 15.3. The Bertz CT molecular complexity index is 1210. The van der Waals surface area contributed by atoms with E-state index in [1.165, 1.54) is 6.07 Å². The van der Waals surface area contributed by atoms with Gasteiger partial charge in [-0.2, -0.15) is 0 Å². The number of furan rings is 1. The Hall–Kier alpha value is -3.59. The van der Waals surface area contributed by atoms with Gasteiger partial charge in [0, 0.05) is 23.0 Å². The van der Waals surface area contributed by atoms with Gasteiger partial charge in [0.05, 0.1) is 29.2 Å². The first kappa shape index (κ1) is 20.7. The summed E-state index contributed by atoms with van der Waals surface area (Å²) >= 11 is 0.840. The summed E-state index contributed by atoms with van der Waals surface area (Å²) in [5.74, 6) is 0.363. The van der Waals surface area contributed by atoms with Crippen molar-refractivity contribution >= 4 is 34.7 Å². The quantitative estimate of drug-likeness (QED) is 0.309. The van der Waals surface area contributed by atoms with Crippen molar-refractivity contribution < 1.29 is 18.9 Å². The summed E-state index contributed by atoms with van der Waals surface area (Å²) in [6.45, 7) is 4.33. The molecule has 3 aromatic rings. The molecule has 1 saturated heterocycles. The number of hydrogen-bond donors (Lipinski definition) is 0. The number of nitro groups is 1. The summed E-state index contributed by atoms with van der Waals surface area (Å²) in [4.78, 5) is 37.4. The van der Waals surface area contributed by atoms with E-state index in [4.69, 9.17) is 4.42 Å². The highest BCUT2D eigenvalue weighted by Crippen LogP contribution is 2.35. The molecule has 1 aromatic carbocycles. The maximum atomic E-state index is 12.9. The van der Waals surface area contributed by atoms with E-state index in [9.17, 15) is 19.7 Å². The zero-order chi connectivity index (χ0) is 22.1. The number of carbonyl (C=O) groups is 2. The monoisotopic (exact) mass is 437 g/mol. The third-order valence-electron chi connectivity index (χ3n) is 5.18. The van der Waals surface area contributed by atoms with Crippen LogP contribution in [0.5, 0.6) is 0 Å². The predicted octanol–water partition coefficient (Wildman–Crippen LogP) is 4.89. The van der Waals surface area contributed by atoms with Crippen LogP contribution in [-0.4, -0.2) is 25.5 Å². The maximum Gasteiger partial charge on any atom is 0.293 e. The molecule has 2 amide bonds. The first-order chi connectivity index (χ1) is 14.8. The van der Waals surface area contributed by atoms with Gasteiger partial charge in [-0.3, -0.25) is 24.6 Å². The van der Waals surface area contributed by atoms with Crippen molar-refractivity contribution in [3.05, 3.63) is 92.0 Å². The second kappa shape index (κ2) is 8.27. The molecule has 9 heteroatoms. The van der Waals surface area contributed by atoms with Crippen LogP contribution in [0.25, 0.3) is 6.08 Å². The second-order valence-electron chi connectivity index (χ2n) is 7.15. The summed E-state index contributed by atoms with van der Waals surface area (Å²) in [6, 6.07) is 11.8. The lowest BCUT2D eigenvalue weighted by atomic mass is 10.1. The standard InChI is InChI=1S/C22H19N3O5S/c1-14-10-17(15(2)23(14)13-18-7-5-9-30-18)11-20-21(26)24(22(27)31-20)12-16-6-3-4-8-19(16)25(28)29/h3-11H,12-13H2,1-2H3/b20-11-. The Morgan fingerprint density at radius 3 is 2.61 bits per heavy atom. The fourth-order valence-electron chi connectivity index (χ4n) is 3.55. The van der Waals surface area contributed by atoms with Crippen molar-refractivity contribution in [1.29, 1.82) is 0 Å². The van der Waals surface area contributed by atoms with Crippen molar-refractivity contribution in [3.63, 3.8) is 0 Å². The topological polar surface area (TPSA) is 98.6 Å². The fraction of sp³-hybridized carbons (Fsp3) is 0.182. The van der Waals surface area contributed by atoms with Crippen LogP contribution in [0.2, 0.25) is 0 Å². The summed E-state index contributed by atoms with van der Waals surface area (Å²) in [5, 5.41) is 10.8. The number of thioether (sulfide) groups is 1. The van der Waals surface area contributed by atoms with Crippen LogP contribution >= 0.6 is 11.8 Å². The zero-order valence-electron chi connectivity index (χ0n) is 16.9. The summed E-state index contributed by atoms with van der Waals surface area (Å²) in [7, 11) is 0. The van der Waals surface area contributed by atoms with Gasteiger partial charge in [-0.15, -0.1) is 0 Å². The number of aryl methyl sites for hydroxylation is 1. The third-order valence-corrected chi connectivity index (χ3v) is 6.09. The van der Waals surface area contributed by atoms with E-state index in [1.54, 1.807) is 30.5 Å². The van der Waals surface area contributed by atoms with Crippen LogP contribution in [-0.2, 0) is 17.9 Å². The van der Waals surface area contributed by atoms with Gasteiger partial charge in [0.1, 0.15) is 5.76 Å². The minimum absolute atomic E-state index is 0.119. The molecular formula is C22H19N3O5S. The number of benzene rings is 1. The lowest BCUT2D eigenvalue weighted by Gasteiger charge is -2.12. The molecule has 2 aromatic heterocycles. The highest BCUT2D eigenvalue weighted by atomic mass is 32.2. The zero-order valence-corrected chi connectivity index (χ0v) is 17.7. The fourth-order valence-corrected chi connectivity index (χ4v) is 4.38. The molecule has 1 aliphatic heterocycles. The average molecular weight is 437 g/mol. The Kier molecular flexibility index (Phi) is 5.51. The molecule has 0 bridgehead atoms. The van der Waals surface area contributed by atoms with E-state index in [0.717, 1.165) is 39.4 Å². The van der Waals surface area contributed by atoms with Gasteiger partial charge < -0.3 is 8.98 Å². The maximum absolute atomic E-state index is 12.9. The minimum Gasteiger partial charge on any atom is -0.467 e. The molecule has 3 heterocycles. The van der Waals surface area contributed by atoms with E-state index in [1.807, 2.05) is 32.0 Å². The Morgan fingerprint density at radius 1 is 1.13 bits per heavy atom. The van der Waals surface area contributed by atoms with Crippen LogP contribution in [0, 0.1) is 24.0 Å². The number of hydrogen-bond acceptors (Lipinski definition) is 6. The summed E-state index contributed by atoms with van der Waals surface area (Å²) < 4.78 is 7.50. The summed E-state index contributed by atoms with van der Waals surface area (Å²) in [6.07, 6.45) is 3.32. The molecule has 0 aliphatic carbocycles. The lowest BCUT2D eigenvalue weighted by Crippen LogP contribution is -2.27. The molecule has 1 fully saturated rings. The van der Waals surface area contributed by atoms with Gasteiger partial charge in [0.2, 0.25) is 0 Å². The molecule has 0 N–H and O–H groups in total. The van der Waals surface area contributed by atoms with Crippen molar-refractivity contribution in [2.24, 2.45) is 0 Å². The second-order valence-corrected chi connectivity index (χ2v) is 8.14. The van der Waals surface area contributed by atoms with E-state index >= 15 is 0 Å². The smallest absolute Gasteiger partial charge is 0.293 e. The number of aromatic nitrogens is 1. The first-order valence-electron chi connectivity index (χ1n) is 9.52. The molecule has 1 aliphatic rings. The van der Waals surface area contributed by atoms with Crippen molar-refractivity contribution in [2.75, 3.05) is 0 Å². The molecule has 4 rings (SSSR count). The van der Waals surface area contributed by atoms with Crippen LogP contribution in [0.3, 0.4) is 0 Å². The molecule has 158 valence electrons. The van der Waals surface area contributed by atoms with E-state index < -0.39 is 16.1 Å². The number of rotatable bonds is 6. The number of nitrogens with zero attached hydrogens (tertiary/aromatic N) is 3. The molecule has 31 heavy (non-hydrogen) atoms. The van der Waals surface area contributed by atoms with Crippen LogP contribution in [0.4, 0.5) is 10.5 Å². The van der Waals surface area contributed by atoms with Crippen LogP contribution in [0.1, 0.15) is 28.3 Å². The van der Waals surface area contributed by atoms with Gasteiger partial charge in [-0.1, -0.05) is 18.2 Å². The number of carbonyl (C=O) groups excluding carboxylic acids is 2. The summed E-state index contributed by atoms with van der Waals surface area (Å²) in [5.41, 5.74) is 2.97. The van der Waals surface area contributed by atoms with E-state index in [-0.39, 0.29) is 12.2 Å². The van der Waals surface area contributed by atoms with Gasteiger partial charge in [-0.25, -0.2) is 0 Å². The van der Waals surface area contributed by atoms with Gasteiger partial charge in [0.25, 0.3) is 16.8 Å². The molecule has 0 spiro atoms. The van der Waals surface area contributed by atoms with Crippen molar-refractivity contribution in [2.45, 2.75) is 26.9 Å². The Labute approximate surface area is 182 Å². The number of para-hydroxylation sites is 1.